The maximum atomic E-state index is 4.05. The van der Waals surface area contributed by atoms with Gasteiger partial charge in [-0.1, -0.05) is 66.8 Å². The molecule has 0 unspecified atom stereocenters. The van der Waals surface area contributed by atoms with Crippen molar-refractivity contribution in [3.05, 3.63) is 91.1 Å². The van der Waals surface area contributed by atoms with Crippen molar-refractivity contribution in [2.75, 3.05) is 0 Å². The molecule has 0 spiro atoms. The molecule has 2 heteroatoms. The van der Waals surface area contributed by atoms with Crippen molar-refractivity contribution in [1.82, 2.24) is 9.55 Å². The van der Waals surface area contributed by atoms with Crippen LogP contribution in [-0.4, -0.2) is 9.55 Å². The van der Waals surface area contributed by atoms with E-state index < -0.39 is 0 Å². The second kappa shape index (κ2) is 7.07. The summed E-state index contributed by atoms with van der Waals surface area (Å²) in [6.07, 6.45) is 28.0. The van der Waals surface area contributed by atoms with Crippen LogP contribution in [0.3, 0.4) is 0 Å². The fraction of sp³-hybridized carbons (Fsp3) is 0.0625. The van der Waals surface area contributed by atoms with E-state index in [1.807, 2.05) is 67.2 Å². The Kier molecular flexibility index (Phi) is 4.76. The zero-order valence-electron chi connectivity index (χ0n) is 10.2. The highest BCUT2D eigenvalue weighted by Gasteiger charge is 1.93. The molecule has 1 aromatic rings. The van der Waals surface area contributed by atoms with Crippen molar-refractivity contribution in [2.24, 2.45) is 0 Å². The lowest BCUT2D eigenvalue weighted by molar-refractivity contribution is 0.796. The molecule has 0 bridgehead atoms. The lowest BCUT2D eigenvalue weighted by Gasteiger charge is -2.02. The standard InChI is InChI=1S/C16H16N2/c1-2-4-6-8-10-16(11-9-7-5-3-1)14-18-13-12-17-15-18/h1-13,15H,14H2/b2-1?,3-1?,4-2?,5-3?,6-4-,7-5?,8-6?,9-7-,10-8-,11-9?,16-10?,16-11+. The molecule has 0 fully saturated rings. The average Bonchev–Trinajstić information content (AvgIpc) is 2.85. The Bertz CT molecular complexity index is 523. The Balaban J connectivity index is 2.14. The van der Waals surface area contributed by atoms with Crippen LogP contribution in [0.4, 0.5) is 0 Å². The Labute approximate surface area is 108 Å². The highest BCUT2D eigenvalue weighted by atomic mass is 15.0. The van der Waals surface area contributed by atoms with Gasteiger partial charge in [0.05, 0.1) is 6.33 Å². The normalized spacial score (nSPS) is 23.4. The number of imidazole rings is 1. The van der Waals surface area contributed by atoms with Gasteiger partial charge in [-0.3, -0.25) is 0 Å². The summed E-state index contributed by atoms with van der Waals surface area (Å²) in [5.74, 6) is 0. The van der Waals surface area contributed by atoms with E-state index in [0.717, 1.165) is 6.54 Å². The van der Waals surface area contributed by atoms with Crippen LogP contribution in [0.2, 0.25) is 0 Å². The summed E-state index contributed by atoms with van der Waals surface area (Å²) in [6, 6.07) is 0. The molecule has 2 nitrogen and oxygen atoms in total. The molecule has 1 aliphatic carbocycles. The third kappa shape index (κ3) is 4.26. The van der Waals surface area contributed by atoms with Gasteiger partial charge in [0.25, 0.3) is 0 Å². The lowest BCUT2D eigenvalue weighted by Crippen LogP contribution is -1.96. The third-order valence-electron chi connectivity index (χ3n) is 2.43. The van der Waals surface area contributed by atoms with Gasteiger partial charge in [-0.15, -0.1) is 0 Å². The van der Waals surface area contributed by atoms with E-state index in [9.17, 15) is 0 Å². The molecule has 0 atom stereocenters. The van der Waals surface area contributed by atoms with Gasteiger partial charge >= 0.3 is 0 Å². The quantitative estimate of drug-likeness (QED) is 0.767. The van der Waals surface area contributed by atoms with Gasteiger partial charge in [-0.25, -0.2) is 4.98 Å². The first kappa shape index (κ1) is 12.1. The number of nitrogens with zero attached hydrogens (tertiary/aromatic N) is 2. The second-order valence-corrected chi connectivity index (χ2v) is 3.88. The number of rotatable bonds is 2. The van der Waals surface area contributed by atoms with E-state index in [0.29, 0.717) is 0 Å². The first-order valence-corrected chi connectivity index (χ1v) is 5.95. The molecule has 90 valence electrons. The van der Waals surface area contributed by atoms with Gasteiger partial charge in [-0.2, -0.15) is 0 Å². The number of allylic oxidation sites excluding steroid dienone is 12. The third-order valence-corrected chi connectivity index (χ3v) is 2.43. The Morgan fingerprint density at radius 1 is 0.833 bits per heavy atom. The second-order valence-electron chi connectivity index (χ2n) is 3.88. The molecule has 0 saturated carbocycles. The Morgan fingerprint density at radius 2 is 1.50 bits per heavy atom. The highest BCUT2D eigenvalue weighted by Crippen LogP contribution is 2.04. The van der Waals surface area contributed by atoms with Crippen molar-refractivity contribution in [1.29, 1.82) is 0 Å². The molecule has 2 rings (SSSR count). The van der Waals surface area contributed by atoms with Crippen molar-refractivity contribution < 1.29 is 0 Å². The first-order chi connectivity index (χ1) is 8.95. The molecule has 1 aromatic heterocycles. The number of hydrogen-bond acceptors (Lipinski definition) is 1. The molecule has 1 heterocycles. The summed E-state index contributed by atoms with van der Waals surface area (Å²) in [5.41, 5.74) is 1.23. The molecular formula is C16H16N2. The topological polar surface area (TPSA) is 17.8 Å². The molecule has 18 heavy (non-hydrogen) atoms. The van der Waals surface area contributed by atoms with Gasteiger partial charge in [-0.05, 0) is 5.57 Å². The lowest BCUT2D eigenvalue weighted by atomic mass is 10.2. The summed E-state index contributed by atoms with van der Waals surface area (Å²) in [6.45, 7) is 0.828. The van der Waals surface area contributed by atoms with Crippen molar-refractivity contribution in [3.8, 4) is 0 Å². The fourth-order valence-electron chi connectivity index (χ4n) is 1.56. The summed E-state index contributed by atoms with van der Waals surface area (Å²) in [4.78, 5) is 4.05. The van der Waals surface area contributed by atoms with Crippen LogP contribution in [0.1, 0.15) is 0 Å². The summed E-state index contributed by atoms with van der Waals surface area (Å²) in [5, 5.41) is 0. The smallest absolute Gasteiger partial charge is 0.0949 e. The molecule has 0 saturated heterocycles. The van der Waals surface area contributed by atoms with E-state index in [1.165, 1.54) is 5.57 Å². The summed E-state index contributed by atoms with van der Waals surface area (Å²) >= 11 is 0. The summed E-state index contributed by atoms with van der Waals surface area (Å²) < 4.78 is 2.05. The zero-order chi connectivity index (χ0) is 12.5. The monoisotopic (exact) mass is 236 g/mol. The van der Waals surface area contributed by atoms with E-state index in [1.54, 1.807) is 6.20 Å². The van der Waals surface area contributed by atoms with Crippen molar-refractivity contribution >= 4 is 0 Å². The average molecular weight is 236 g/mol. The van der Waals surface area contributed by atoms with Gasteiger partial charge in [0, 0.05) is 18.9 Å². The van der Waals surface area contributed by atoms with Gasteiger partial charge in [0.1, 0.15) is 0 Å². The molecule has 0 aromatic carbocycles. The van der Waals surface area contributed by atoms with Crippen LogP contribution in [0.5, 0.6) is 0 Å². The van der Waals surface area contributed by atoms with Gasteiger partial charge in [0.15, 0.2) is 0 Å². The molecule has 0 radical (unpaired) electrons. The number of aromatic nitrogens is 2. The van der Waals surface area contributed by atoms with Gasteiger partial charge in [0.2, 0.25) is 0 Å². The SMILES string of the molecule is C1=C\C=C/C=C\C(Cn2ccnc2)=C/C=C\C=C1. The van der Waals surface area contributed by atoms with Crippen LogP contribution in [0.15, 0.2) is 91.1 Å². The van der Waals surface area contributed by atoms with Crippen LogP contribution in [-0.2, 0) is 6.54 Å². The van der Waals surface area contributed by atoms with Crippen LogP contribution < -0.4 is 0 Å². The first-order valence-electron chi connectivity index (χ1n) is 5.95. The van der Waals surface area contributed by atoms with E-state index >= 15 is 0 Å². The predicted octanol–water partition coefficient (Wildman–Crippen LogP) is 3.60. The Hall–Kier alpha value is -2.35. The largest absolute Gasteiger partial charge is 0.333 e. The molecule has 0 amide bonds. The zero-order valence-corrected chi connectivity index (χ0v) is 10.2. The van der Waals surface area contributed by atoms with E-state index in [4.69, 9.17) is 0 Å². The fourth-order valence-corrected chi connectivity index (χ4v) is 1.56. The van der Waals surface area contributed by atoms with Crippen LogP contribution >= 0.6 is 0 Å². The highest BCUT2D eigenvalue weighted by molar-refractivity contribution is 5.29. The maximum Gasteiger partial charge on any atom is 0.0949 e. The maximum absolute atomic E-state index is 4.05. The minimum atomic E-state index is 0.828. The minimum absolute atomic E-state index is 0.828. The van der Waals surface area contributed by atoms with Crippen molar-refractivity contribution in [2.45, 2.75) is 6.54 Å². The molecule has 0 N–H and O–H groups in total. The van der Waals surface area contributed by atoms with Crippen molar-refractivity contribution in [3.63, 3.8) is 0 Å². The molecule has 0 aliphatic heterocycles. The Morgan fingerprint density at radius 3 is 2.17 bits per heavy atom. The van der Waals surface area contributed by atoms with E-state index in [-0.39, 0.29) is 0 Å². The van der Waals surface area contributed by atoms with Crippen LogP contribution in [0, 0.1) is 0 Å². The van der Waals surface area contributed by atoms with Gasteiger partial charge < -0.3 is 4.57 Å². The predicted molar refractivity (Wildman–Crippen MR) is 76.0 cm³/mol. The summed E-state index contributed by atoms with van der Waals surface area (Å²) in [7, 11) is 0. The van der Waals surface area contributed by atoms with Crippen LogP contribution in [0.25, 0.3) is 0 Å². The molecule has 1 aliphatic rings. The van der Waals surface area contributed by atoms with E-state index in [2.05, 4.69) is 21.7 Å². The minimum Gasteiger partial charge on any atom is -0.333 e. The number of hydrogen-bond donors (Lipinski definition) is 0. The molecular weight excluding hydrogens is 220 g/mol.